The first-order valence-corrected chi connectivity index (χ1v) is 3.88. The van der Waals surface area contributed by atoms with Crippen LogP contribution >= 0.6 is 0 Å². The van der Waals surface area contributed by atoms with Crippen LogP contribution in [0.1, 0.15) is 11.7 Å². The molecule has 1 N–H and O–H groups in total. The number of carbonyl (C=O) groups excluding carboxylic acids is 1. The van der Waals surface area contributed by atoms with E-state index in [-0.39, 0.29) is 0 Å². The zero-order valence-electron chi connectivity index (χ0n) is 7.28. The number of hydrogen-bond donors (Lipinski definition) is 1. The summed E-state index contributed by atoms with van der Waals surface area (Å²) in [5, 5.41) is 19.0. The van der Waals surface area contributed by atoms with E-state index in [4.69, 9.17) is 5.11 Å². The number of hydrogen-bond acceptors (Lipinski definition) is 3. The van der Waals surface area contributed by atoms with Crippen molar-refractivity contribution in [2.75, 3.05) is 0 Å². The molecule has 0 amide bonds. The summed E-state index contributed by atoms with van der Waals surface area (Å²) < 4.78 is 37.8. The van der Waals surface area contributed by atoms with Crippen LogP contribution in [0, 0.1) is 5.82 Å². The molecule has 1 aromatic carbocycles. The van der Waals surface area contributed by atoms with Crippen molar-refractivity contribution in [1.29, 1.82) is 0 Å². The summed E-state index contributed by atoms with van der Waals surface area (Å²) in [6.45, 7) is 0. The highest BCUT2D eigenvalue weighted by Gasteiger charge is 2.41. The molecule has 15 heavy (non-hydrogen) atoms. The Hall–Kier alpha value is -1.56. The van der Waals surface area contributed by atoms with Gasteiger partial charge in [0.25, 0.3) is 0 Å². The SMILES string of the molecule is O=C([O-])C(F)(F)C(O)c1ccc(F)cc1. The number of aliphatic carboxylic acids is 1. The number of aliphatic hydroxyl groups excluding tert-OH is 1. The van der Waals surface area contributed by atoms with Crippen LogP contribution in [0.2, 0.25) is 0 Å². The predicted molar refractivity (Wildman–Crippen MR) is 41.3 cm³/mol. The van der Waals surface area contributed by atoms with E-state index in [1.165, 1.54) is 0 Å². The number of rotatable bonds is 3. The molecule has 0 spiro atoms. The first-order chi connectivity index (χ1) is 6.85. The topological polar surface area (TPSA) is 60.4 Å². The quantitative estimate of drug-likeness (QED) is 0.792. The van der Waals surface area contributed by atoms with Gasteiger partial charge in [0.2, 0.25) is 0 Å². The average molecular weight is 219 g/mol. The maximum Gasteiger partial charge on any atom is 0.316 e. The van der Waals surface area contributed by atoms with E-state index in [9.17, 15) is 23.1 Å². The van der Waals surface area contributed by atoms with Crippen molar-refractivity contribution in [3.8, 4) is 0 Å². The van der Waals surface area contributed by atoms with Crippen LogP contribution in [-0.4, -0.2) is 17.0 Å². The van der Waals surface area contributed by atoms with Gasteiger partial charge in [-0.2, -0.15) is 8.78 Å². The van der Waals surface area contributed by atoms with Crippen LogP contribution in [0.3, 0.4) is 0 Å². The Kier molecular flexibility index (Phi) is 2.99. The van der Waals surface area contributed by atoms with Crippen LogP contribution in [0.4, 0.5) is 13.2 Å². The van der Waals surface area contributed by atoms with E-state index in [2.05, 4.69) is 0 Å². The third-order valence-electron chi connectivity index (χ3n) is 1.80. The Labute approximate surface area is 82.8 Å². The van der Waals surface area contributed by atoms with Crippen molar-refractivity contribution in [3.63, 3.8) is 0 Å². The number of carboxylic acid groups (broad SMARTS) is 1. The van der Waals surface area contributed by atoms with Crippen LogP contribution < -0.4 is 5.11 Å². The molecule has 1 aromatic rings. The minimum Gasteiger partial charge on any atom is -0.544 e. The predicted octanol–water partition coefficient (Wildman–Crippen LogP) is 0.244. The van der Waals surface area contributed by atoms with Gasteiger partial charge in [-0.05, 0) is 17.7 Å². The van der Waals surface area contributed by atoms with E-state index in [1.54, 1.807) is 0 Å². The lowest BCUT2D eigenvalue weighted by molar-refractivity contribution is -0.336. The standard InChI is InChI=1S/C9H7F3O3/c10-6-3-1-5(2-4-6)7(13)9(11,12)8(14)15/h1-4,7,13H,(H,14,15)/p-1. The minimum absolute atomic E-state index is 0.398. The first-order valence-electron chi connectivity index (χ1n) is 3.88. The lowest BCUT2D eigenvalue weighted by Crippen LogP contribution is -2.45. The Morgan fingerprint density at radius 1 is 1.33 bits per heavy atom. The van der Waals surface area contributed by atoms with E-state index in [0.29, 0.717) is 0 Å². The van der Waals surface area contributed by atoms with Gasteiger partial charge in [-0.25, -0.2) is 4.39 Å². The highest BCUT2D eigenvalue weighted by Crippen LogP contribution is 2.30. The fraction of sp³-hybridized carbons (Fsp3) is 0.222. The largest absolute Gasteiger partial charge is 0.544 e. The van der Waals surface area contributed by atoms with Gasteiger partial charge < -0.3 is 15.0 Å². The molecule has 1 atom stereocenters. The Morgan fingerprint density at radius 3 is 2.20 bits per heavy atom. The maximum absolute atomic E-state index is 12.7. The summed E-state index contributed by atoms with van der Waals surface area (Å²) in [6, 6.07) is 3.42. The molecule has 0 fully saturated rings. The number of alkyl halides is 2. The van der Waals surface area contributed by atoms with Crippen LogP contribution in [0.5, 0.6) is 0 Å². The molecule has 0 aliphatic carbocycles. The molecule has 0 aliphatic rings. The van der Waals surface area contributed by atoms with Crippen molar-refractivity contribution in [3.05, 3.63) is 35.6 Å². The van der Waals surface area contributed by atoms with Gasteiger partial charge >= 0.3 is 5.92 Å². The molecule has 82 valence electrons. The fourth-order valence-corrected chi connectivity index (χ4v) is 0.966. The zero-order valence-corrected chi connectivity index (χ0v) is 7.28. The summed E-state index contributed by atoms with van der Waals surface area (Å²) >= 11 is 0. The molecule has 0 aliphatic heterocycles. The average Bonchev–Trinajstić information content (AvgIpc) is 2.17. The first kappa shape index (κ1) is 11.5. The highest BCUT2D eigenvalue weighted by molar-refractivity contribution is 5.74. The van der Waals surface area contributed by atoms with E-state index >= 15 is 0 Å². The third kappa shape index (κ3) is 2.27. The lowest BCUT2D eigenvalue weighted by Gasteiger charge is -2.23. The monoisotopic (exact) mass is 219 g/mol. The molecule has 6 heteroatoms. The van der Waals surface area contributed by atoms with Crippen molar-refractivity contribution in [2.24, 2.45) is 0 Å². The van der Waals surface area contributed by atoms with Crippen molar-refractivity contribution in [1.82, 2.24) is 0 Å². The number of carboxylic acids is 1. The Bertz CT molecular complexity index is 361. The fourth-order valence-electron chi connectivity index (χ4n) is 0.966. The second-order valence-corrected chi connectivity index (χ2v) is 2.86. The number of benzene rings is 1. The molecular weight excluding hydrogens is 213 g/mol. The molecular formula is C9H6F3O3-. The van der Waals surface area contributed by atoms with Gasteiger partial charge in [0.1, 0.15) is 17.9 Å². The van der Waals surface area contributed by atoms with E-state index < -0.39 is 29.4 Å². The molecule has 1 unspecified atom stereocenters. The molecule has 0 bridgehead atoms. The van der Waals surface area contributed by atoms with E-state index in [1.807, 2.05) is 0 Å². The van der Waals surface area contributed by atoms with Gasteiger partial charge in [-0.15, -0.1) is 0 Å². The summed E-state index contributed by atoms with van der Waals surface area (Å²) in [6.07, 6.45) is -2.55. The smallest absolute Gasteiger partial charge is 0.316 e. The second-order valence-electron chi connectivity index (χ2n) is 2.86. The summed E-state index contributed by atoms with van der Waals surface area (Å²) in [5.74, 6) is -7.76. The Balaban J connectivity index is 2.99. The van der Waals surface area contributed by atoms with Crippen LogP contribution in [-0.2, 0) is 4.79 Å². The van der Waals surface area contributed by atoms with Crippen molar-refractivity contribution in [2.45, 2.75) is 12.0 Å². The zero-order chi connectivity index (χ0) is 11.6. The van der Waals surface area contributed by atoms with Crippen LogP contribution in [0.25, 0.3) is 0 Å². The van der Waals surface area contributed by atoms with Crippen LogP contribution in [0.15, 0.2) is 24.3 Å². The van der Waals surface area contributed by atoms with Gasteiger partial charge in [-0.1, -0.05) is 12.1 Å². The van der Waals surface area contributed by atoms with Crippen molar-refractivity contribution >= 4 is 5.97 Å². The number of aliphatic hydroxyl groups is 1. The second kappa shape index (κ2) is 3.90. The molecule has 1 rings (SSSR count). The summed E-state index contributed by atoms with van der Waals surface area (Å²) in [5.41, 5.74) is -0.398. The molecule has 0 aromatic heterocycles. The van der Waals surface area contributed by atoms with E-state index in [0.717, 1.165) is 24.3 Å². The normalized spacial score (nSPS) is 13.6. The lowest BCUT2D eigenvalue weighted by atomic mass is 10.0. The molecule has 0 radical (unpaired) electrons. The summed E-state index contributed by atoms with van der Waals surface area (Å²) in [7, 11) is 0. The van der Waals surface area contributed by atoms with Crippen molar-refractivity contribution < 1.29 is 28.2 Å². The highest BCUT2D eigenvalue weighted by atomic mass is 19.3. The molecule has 3 nitrogen and oxygen atoms in total. The number of carbonyl (C=O) groups is 1. The third-order valence-corrected chi connectivity index (χ3v) is 1.80. The Morgan fingerprint density at radius 2 is 1.80 bits per heavy atom. The number of halogens is 3. The molecule has 0 saturated carbocycles. The maximum atomic E-state index is 12.7. The minimum atomic E-state index is -4.40. The molecule has 0 saturated heterocycles. The van der Waals surface area contributed by atoms with Gasteiger partial charge in [-0.3, -0.25) is 0 Å². The molecule has 0 heterocycles. The summed E-state index contributed by atoms with van der Waals surface area (Å²) in [4.78, 5) is 10.0. The van der Waals surface area contributed by atoms with Gasteiger partial charge in [0.05, 0.1) is 0 Å². The van der Waals surface area contributed by atoms with Gasteiger partial charge in [0, 0.05) is 0 Å². The van der Waals surface area contributed by atoms with Gasteiger partial charge in [0.15, 0.2) is 0 Å².